The summed E-state index contributed by atoms with van der Waals surface area (Å²) in [7, 11) is 0. The maximum atomic E-state index is 12.3. The number of halogens is 2. The highest BCUT2D eigenvalue weighted by Crippen LogP contribution is 2.25. The van der Waals surface area contributed by atoms with E-state index in [0.717, 1.165) is 5.75 Å². The lowest BCUT2D eigenvalue weighted by atomic mass is 10.0. The van der Waals surface area contributed by atoms with Gasteiger partial charge in [0.25, 0.3) is 0 Å². The van der Waals surface area contributed by atoms with E-state index in [4.69, 9.17) is 16.3 Å². The molecule has 0 aromatic heterocycles. The molecule has 0 aliphatic rings. The third-order valence-corrected chi connectivity index (χ3v) is 3.88. The predicted molar refractivity (Wildman–Crippen MR) is 84.8 cm³/mol. The molecule has 0 aliphatic heterocycles. The van der Waals surface area contributed by atoms with Crippen molar-refractivity contribution in [3.8, 4) is 5.75 Å². The molecule has 2 aromatic carbocycles. The number of rotatable bonds is 4. The summed E-state index contributed by atoms with van der Waals surface area (Å²) in [4.78, 5) is 12.3. The van der Waals surface area contributed by atoms with Crippen molar-refractivity contribution in [2.45, 2.75) is 20.0 Å². The number of hydrogen-bond donors (Lipinski definition) is 0. The SMILES string of the molecule is CC(C)Oc1ccc(C(=O)c2ccc(Cl)c(Br)c2)cc1. The van der Waals surface area contributed by atoms with Gasteiger partial charge in [-0.3, -0.25) is 4.79 Å². The van der Waals surface area contributed by atoms with Gasteiger partial charge in [-0.25, -0.2) is 0 Å². The van der Waals surface area contributed by atoms with Crippen LogP contribution in [-0.4, -0.2) is 11.9 Å². The molecule has 4 heteroatoms. The van der Waals surface area contributed by atoms with Gasteiger partial charge in [0.1, 0.15) is 5.75 Å². The normalized spacial score (nSPS) is 10.7. The van der Waals surface area contributed by atoms with Crippen molar-refractivity contribution >= 4 is 33.3 Å². The minimum absolute atomic E-state index is 0.0431. The molecule has 0 heterocycles. The average molecular weight is 354 g/mol. The molecule has 2 aromatic rings. The molecule has 0 unspecified atom stereocenters. The second-order valence-corrected chi connectivity index (χ2v) is 5.91. The lowest BCUT2D eigenvalue weighted by Crippen LogP contribution is -2.06. The maximum Gasteiger partial charge on any atom is 0.193 e. The van der Waals surface area contributed by atoms with E-state index in [1.807, 2.05) is 13.8 Å². The second kappa shape index (κ2) is 6.42. The first-order chi connectivity index (χ1) is 9.47. The van der Waals surface area contributed by atoms with Gasteiger partial charge in [0, 0.05) is 15.6 Å². The number of carbonyl (C=O) groups excluding carboxylic acids is 1. The summed E-state index contributed by atoms with van der Waals surface area (Å²) in [6.45, 7) is 3.93. The van der Waals surface area contributed by atoms with E-state index in [0.29, 0.717) is 20.6 Å². The largest absolute Gasteiger partial charge is 0.491 e. The third kappa shape index (κ3) is 3.62. The Bertz CT molecular complexity index is 621. The highest BCUT2D eigenvalue weighted by molar-refractivity contribution is 9.10. The number of hydrogen-bond acceptors (Lipinski definition) is 2. The molecule has 0 fully saturated rings. The van der Waals surface area contributed by atoms with Crippen molar-refractivity contribution in [2.24, 2.45) is 0 Å². The molecule has 0 aliphatic carbocycles. The van der Waals surface area contributed by atoms with E-state index in [1.54, 1.807) is 42.5 Å². The fraction of sp³-hybridized carbons (Fsp3) is 0.188. The summed E-state index contributed by atoms with van der Waals surface area (Å²) in [5.74, 6) is 0.715. The maximum absolute atomic E-state index is 12.3. The van der Waals surface area contributed by atoms with Crippen molar-refractivity contribution in [3.63, 3.8) is 0 Å². The van der Waals surface area contributed by atoms with Crippen LogP contribution in [0.15, 0.2) is 46.9 Å². The van der Waals surface area contributed by atoms with E-state index in [1.165, 1.54) is 0 Å². The minimum Gasteiger partial charge on any atom is -0.491 e. The molecule has 0 bridgehead atoms. The van der Waals surface area contributed by atoms with E-state index in [-0.39, 0.29) is 11.9 Å². The zero-order chi connectivity index (χ0) is 14.7. The molecule has 2 rings (SSSR count). The van der Waals surface area contributed by atoms with Crippen molar-refractivity contribution < 1.29 is 9.53 Å². The monoisotopic (exact) mass is 352 g/mol. The van der Waals surface area contributed by atoms with Gasteiger partial charge in [-0.2, -0.15) is 0 Å². The fourth-order valence-corrected chi connectivity index (χ4v) is 2.26. The second-order valence-electron chi connectivity index (χ2n) is 4.65. The summed E-state index contributed by atoms with van der Waals surface area (Å²) >= 11 is 9.25. The number of ether oxygens (including phenoxy) is 1. The molecule has 20 heavy (non-hydrogen) atoms. The van der Waals surface area contributed by atoms with Crippen LogP contribution in [0, 0.1) is 0 Å². The smallest absolute Gasteiger partial charge is 0.193 e. The van der Waals surface area contributed by atoms with Gasteiger partial charge < -0.3 is 4.74 Å². The van der Waals surface area contributed by atoms with Crippen LogP contribution in [0.1, 0.15) is 29.8 Å². The van der Waals surface area contributed by atoms with Crippen LogP contribution in [0.3, 0.4) is 0 Å². The highest BCUT2D eigenvalue weighted by Gasteiger charge is 2.11. The summed E-state index contributed by atoms with van der Waals surface area (Å²) in [6, 6.07) is 12.3. The van der Waals surface area contributed by atoms with Gasteiger partial charge in [0.15, 0.2) is 5.78 Å². The predicted octanol–water partition coefficient (Wildman–Crippen LogP) is 5.12. The van der Waals surface area contributed by atoms with Gasteiger partial charge in [-0.05, 0) is 72.2 Å². The summed E-state index contributed by atoms with van der Waals surface area (Å²) in [5.41, 5.74) is 1.22. The molecule has 2 nitrogen and oxygen atoms in total. The standard InChI is InChI=1S/C16H14BrClO2/c1-10(2)20-13-6-3-11(4-7-13)16(19)12-5-8-15(18)14(17)9-12/h3-10H,1-2H3. The number of benzene rings is 2. The molecule has 0 saturated carbocycles. The Balaban J connectivity index is 2.22. The molecular weight excluding hydrogens is 340 g/mol. The molecule has 0 spiro atoms. The highest BCUT2D eigenvalue weighted by atomic mass is 79.9. The molecule has 0 amide bonds. The lowest BCUT2D eigenvalue weighted by Gasteiger charge is -2.10. The van der Waals surface area contributed by atoms with E-state index >= 15 is 0 Å². The first-order valence-corrected chi connectivity index (χ1v) is 7.41. The van der Waals surface area contributed by atoms with Crippen molar-refractivity contribution in [3.05, 3.63) is 63.1 Å². The summed E-state index contributed by atoms with van der Waals surface area (Å²) in [5, 5.41) is 0.585. The van der Waals surface area contributed by atoms with Crippen LogP contribution in [0.4, 0.5) is 0 Å². The molecule has 0 radical (unpaired) electrons. The van der Waals surface area contributed by atoms with Gasteiger partial charge in [0.05, 0.1) is 11.1 Å². The topological polar surface area (TPSA) is 26.3 Å². The first-order valence-electron chi connectivity index (χ1n) is 6.24. The Morgan fingerprint density at radius 1 is 1.10 bits per heavy atom. The summed E-state index contributed by atoms with van der Waals surface area (Å²) in [6.07, 6.45) is 0.115. The van der Waals surface area contributed by atoms with Crippen molar-refractivity contribution in [1.29, 1.82) is 0 Å². The first kappa shape index (κ1) is 15.1. The molecule has 0 N–H and O–H groups in total. The summed E-state index contributed by atoms with van der Waals surface area (Å²) < 4.78 is 6.27. The van der Waals surface area contributed by atoms with Gasteiger partial charge in [-0.15, -0.1) is 0 Å². The number of carbonyl (C=O) groups is 1. The Hall–Kier alpha value is -1.32. The molecule has 0 atom stereocenters. The van der Waals surface area contributed by atoms with Crippen LogP contribution in [0.25, 0.3) is 0 Å². The zero-order valence-corrected chi connectivity index (χ0v) is 13.5. The molecular formula is C16H14BrClO2. The van der Waals surface area contributed by atoms with Crippen LogP contribution in [-0.2, 0) is 0 Å². The van der Waals surface area contributed by atoms with Crippen molar-refractivity contribution in [2.75, 3.05) is 0 Å². The molecule has 0 saturated heterocycles. The fourth-order valence-electron chi connectivity index (χ4n) is 1.76. The molecule has 104 valence electrons. The van der Waals surface area contributed by atoms with Crippen LogP contribution >= 0.6 is 27.5 Å². The Kier molecular flexibility index (Phi) is 4.84. The van der Waals surface area contributed by atoms with Gasteiger partial charge in [0.2, 0.25) is 0 Å². The third-order valence-electron chi connectivity index (χ3n) is 2.67. The number of ketones is 1. The van der Waals surface area contributed by atoms with Crippen molar-refractivity contribution in [1.82, 2.24) is 0 Å². The van der Waals surface area contributed by atoms with Crippen LogP contribution < -0.4 is 4.74 Å². The van der Waals surface area contributed by atoms with E-state index in [9.17, 15) is 4.79 Å². The van der Waals surface area contributed by atoms with Gasteiger partial charge >= 0.3 is 0 Å². The van der Waals surface area contributed by atoms with Gasteiger partial charge in [-0.1, -0.05) is 11.6 Å². The zero-order valence-electron chi connectivity index (χ0n) is 11.2. The van der Waals surface area contributed by atoms with E-state index in [2.05, 4.69) is 15.9 Å². The van der Waals surface area contributed by atoms with Crippen LogP contribution in [0.5, 0.6) is 5.75 Å². The van der Waals surface area contributed by atoms with E-state index < -0.39 is 0 Å². The quantitative estimate of drug-likeness (QED) is 0.713. The Labute approximate surface area is 131 Å². The lowest BCUT2D eigenvalue weighted by molar-refractivity contribution is 0.103. The average Bonchev–Trinajstić information content (AvgIpc) is 2.41. The van der Waals surface area contributed by atoms with Crippen LogP contribution in [0.2, 0.25) is 5.02 Å². The Morgan fingerprint density at radius 3 is 2.25 bits per heavy atom. The Morgan fingerprint density at radius 2 is 1.70 bits per heavy atom. The minimum atomic E-state index is -0.0431.